The number of aliphatic carboxylic acids is 1. The van der Waals surface area contributed by atoms with Crippen molar-refractivity contribution >= 4 is 5.97 Å². The van der Waals surface area contributed by atoms with E-state index in [4.69, 9.17) is 19.3 Å². The molecule has 0 spiro atoms. The zero-order chi connectivity index (χ0) is 24.9. The van der Waals surface area contributed by atoms with E-state index in [2.05, 4.69) is 39.5 Å². The zero-order valence-electron chi connectivity index (χ0n) is 21.1. The molecule has 0 fully saturated rings. The molecule has 0 heterocycles. The predicted octanol–water partition coefficient (Wildman–Crippen LogP) is 6.03. The van der Waals surface area contributed by atoms with E-state index in [9.17, 15) is 9.90 Å². The Labute approximate surface area is 204 Å². The Hall–Kier alpha value is -2.31. The van der Waals surface area contributed by atoms with Crippen molar-refractivity contribution in [1.82, 2.24) is 0 Å². The van der Waals surface area contributed by atoms with E-state index in [0.29, 0.717) is 32.2 Å². The van der Waals surface area contributed by atoms with E-state index in [1.165, 1.54) is 5.57 Å². The van der Waals surface area contributed by atoms with Gasteiger partial charge in [0.25, 0.3) is 0 Å². The molecule has 1 aromatic rings. The first-order chi connectivity index (χ1) is 16.3. The Morgan fingerprint density at radius 2 is 1.82 bits per heavy atom. The Kier molecular flexibility index (Phi) is 12.2. The van der Waals surface area contributed by atoms with Crippen LogP contribution in [0.5, 0.6) is 11.5 Å². The maximum atomic E-state index is 11.1. The number of carboxylic acids is 1. The zero-order valence-corrected chi connectivity index (χ0v) is 21.1. The predicted molar refractivity (Wildman–Crippen MR) is 135 cm³/mol. The number of rotatable bonds is 16. The van der Waals surface area contributed by atoms with E-state index in [1.807, 2.05) is 6.07 Å². The molecule has 1 aliphatic carbocycles. The topological polar surface area (TPSA) is 85.2 Å². The van der Waals surface area contributed by atoms with E-state index in [0.717, 1.165) is 61.0 Å². The SMILES string of the molecule is C=C(C)C1CCC(C)=CC1c1c(O)cc(CCCCC)cc1OCCOCCOCCC(=O)O. The van der Waals surface area contributed by atoms with Crippen LogP contribution in [-0.4, -0.2) is 49.2 Å². The smallest absolute Gasteiger partial charge is 0.305 e. The third kappa shape index (κ3) is 9.15. The first-order valence-electron chi connectivity index (χ1n) is 12.5. The number of ether oxygens (including phenoxy) is 3. The van der Waals surface area contributed by atoms with Crippen LogP contribution in [0.1, 0.15) is 76.3 Å². The lowest BCUT2D eigenvalue weighted by Gasteiger charge is -2.32. The average molecular weight is 475 g/mol. The van der Waals surface area contributed by atoms with Crippen LogP contribution in [0.3, 0.4) is 0 Å². The average Bonchev–Trinajstić information content (AvgIpc) is 2.77. The molecule has 6 heteroatoms. The molecule has 0 aromatic heterocycles. The van der Waals surface area contributed by atoms with Gasteiger partial charge in [0.05, 0.1) is 32.8 Å². The number of aromatic hydroxyl groups is 1. The maximum Gasteiger partial charge on any atom is 0.305 e. The lowest BCUT2D eigenvalue weighted by atomic mass is 9.73. The third-order valence-corrected chi connectivity index (χ3v) is 6.28. The molecule has 2 unspecified atom stereocenters. The van der Waals surface area contributed by atoms with Gasteiger partial charge in [-0.1, -0.05) is 43.6 Å². The molecule has 0 amide bonds. The van der Waals surface area contributed by atoms with E-state index >= 15 is 0 Å². The fraction of sp³-hybridized carbons (Fsp3) is 0.607. The minimum atomic E-state index is -0.873. The molecule has 0 aliphatic heterocycles. The Balaban J connectivity index is 2.08. The molecule has 0 radical (unpaired) electrons. The summed E-state index contributed by atoms with van der Waals surface area (Å²) in [7, 11) is 0. The monoisotopic (exact) mass is 474 g/mol. The number of aryl methyl sites for hydroxylation is 1. The van der Waals surface area contributed by atoms with Gasteiger partial charge in [0.1, 0.15) is 18.1 Å². The molecular formula is C28H42O6. The molecule has 2 N–H and O–H groups in total. The molecule has 2 atom stereocenters. The number of benzene rings is 1. The van der Waals surface area contributed by atoms with Crippen molar-refractivity contribution in [3.63, 3.8) is 0 Å². The lowest BCUT2D eigenvalue weighted by molar-refractivity contribution is -0.138. The van der Waals surface area contributed by atoms with Gasteiger partial charge in [0.2, 0.25) is 0 Å². The summed E-state index contributed by atoms with van der Waals surface area (Å²) in [6.07, 6.45) is 8.60. The largest absolute Gasteiger partial charge is 0.507 e. The third-order valence-electron chi connectivity index (χ3n) is 6.28. The summed E-state index contributed by atoms with van der Waals surface area (Å²) in [6.45, 7) is 12.2. The standard InChI is InChI=1S/C28H42O6/c1-5-6-7-8-22-18-25(29)28(24-17-21(4)9-10-23(24)20(2)3)26(19-22)34-16-15-33-14-13-32-12-11-27(30)31/h17-19,23-24,29H,2,5-16H2,1,3-4H3,(H,30,31). The van der Waals surface area contributed by atoms with Crippen molar-refractivity contribution in [3.8, 4) is 11.5 Å². The van der Waals surface area contributed by atoms with Crippen molar-refractivity contribution in [2.75, 3.05) is 33.0 Å². The van der Waals surface area contributed by atoms with Gasteiger partial charge >= 0.3 is 5.97 Å². The Bertz CT molecular complexity index is 828. The molecule has 0 saturated carbocycles. The van der Waals surface area contributed by atoms with E-state index in [1.54, 1.807) is 0 Å². The number of unbranched alkanes of at least 4 members (excludes halogenated alkanes) is 2. The number of allylic oxidation sites excluding steroid dienone is 3. The Morgan fingerprint density at radius 1 is 1.12 bits per heavy atom. The van der Waals surface area contributed by atoms with Crippen molar-refractivity contribution in [2.24, 2.45) is 5.92 Å². The van der Waals surface area contributed by atoms with Crippen molar-refractivity contribution in [1.29, 1.82) is 0 Å². The number of carboxylic acid groups (broad SMARTS) is 1. The number of hydrogen-bond acceptors (Lipinski definition) is 5. The molecule has 0 saturated heterocycles. The van der Waals surface area contributed by atoms with E-state index < -0.39 is 5.97 Å². The van der Waals surface area contributed by atoms with Gasteiger partial charge in [-0.05, 0) is 63.1 Å². The number of hydrogen-bond donors (Lipinski definition) is 2. The fourth-order valence-electron chi connectivity index (χ4n) is 4.44. The van der Waals surface area contributed by atoms with Crippen molar-refractivity contribution in [2.45, 2.75) is 71.6 Å². The molecule has 0 bridgehead atoms. The second-order valence-corrected chi connectivity index (χ2v) is 9.23. The van der Waals surface area contributed by atoms with Crippen LogP contribution in [0.2, 0.25) is 0 Å². The first kappa shape index (κ1) is 27.9. The van der Waals surface area contributed by atoms with E-state index in [-0.39, 0.29) is 24.9 Å². The van der Waals surface area contributed by atoms with Crippen LogP contribution in [0.15, 0.2) is 35.9 Å². The Morgan fingerprint density at radius 3 is 2.50 bits per heavy atom. The van der Waals surface area contributed by atoms with Crippen LogP contribution in [0, 0.1) is 5.92 Å². The maximum absolute atomic E-state index is 11.1. The summed E-state index contributed by atoms with van der Waals surface area (Å²) in [4.78, 5) is 10.5. The molecular weight excluding hydrogens is 432 g/mol. The summed E-state index contributed by atoms with van der Waals surface area (Å²) in [6, 6.07) is 3.98. The molecule has 1 aliphatic rings. The number of carbonyl (C=O) groups is 1. The normalized spacial score (nSPS) is 17.9. The highest BCUT2D eigenvalue weighted by Gasteiger charge is 2.30. The summed E-state index contributed by atoms with van der Waals surface area (Å²) in [5.41, 5.74) is 4.37. The highest BCUT2D eigenvalue weighted by atomic mass is 16.5. The second-order valence-electron chi connectivity index (χ2n) is 9.23. The molecule has 34 heavy (non-hydrogen) atoms. The van der Waals surface area contributed by atoms with Crippen LogP contribution in [-0.2, 0) is 20.7 Å². The van der Waals surface area contributed by atoms with Gasteiger partial charge in [-0.3, -0.25) is 4.79 Å². The number of phenolic OH excluding ortho intramolecular Hbond substituents is 1. The minimum Gasteiger partial charge on any atom is -0.507 e. The van der Waals surface area contributed by atoms with Crippen molar-refractivity contribution in [3.05, 3.63) is 47.1 Å². The first-order valence-corrected chi connectivity index (χ1v) is 12.5. The van der Waals surface area contributed by atoms with Gasteiger partial charge < -0.3 is 24.4 Å². The minimum absolute atomic E-state index is 0.00968. The van der Waals surface area contributed by atoms with Gasteiger partial charge in [-0.15, -0.1) is 0 Å². The van der Waals surface area contributed by atoms with Crippen LogP contribution in [0.25, 0.3) is 0 Å². The van der Waals surface area contributed by atoms with Gasteiger partial charge in [-0.2, -0.15) is 0 Å². The molecule has 1 aromatic carbocycles. The number of phenols is 1. The van der Waals surface area contributed by atoms with Gasteiger partial charge in [0.15, 0.2) is 0 Å². The molecule has 6 nitrogen and oxygen atoms in total. The van der Waals surface area contributed by atoms with Crippen LogP contribution < -0.4 is 4.74 Å². The second kappa shape index (κ2) is 14.8. The van der Waals surface area contributed by atoms with Gasteiger partial charge in [-0.25, -0.2) is 0 Å². The van der Waals surface area contributed by atoms with Crippen LogP contribution in [0.4, 0.5) is 0 Å². The summed E-state index contributed by atoms with van der Waals surface area (Å²) >= 11 is 0. The molecule has 190 valence electrons. The van der Waals surface area contributed by atoms with Gasteiger partial charge in [0, 0.05) is 11.5 Å². The van der Waals surface area contributed by atoms with Crippen molar-refractivity contribution < 1.29 is 29.2 Å². The highest BCUT2D eigenvalue weighted by molar-refractivity contribution is 5.66. The lowest BCUT2D eigenvalue weighted by Crippen LogP contribution is -2.19. The summed E-state index contributed by atoms with van der Waals surface area (Å²) in [5, 5.41) is 19.7. The summed E-state index contributed by atoms with van der Waals surface area (Å²) < 4.78 is 17.0. The fourth-order valence-corrected chi connectivity index (χ4v) is 4.44. The summed E-state index contributed by atoms with van der Waals surface area (Å²) in [5.74, 6) is 0.438. The quantitative estimate of drug-likeness (QED) is 0.225. The van der Waals surface area contributed by atoms with Crippen LogP contribution >= 0.6 is 0 Å². The molecule has 2 rings (SSSR count). The highest BCUT2D eigenvalue weighted by Crippen LogP contribution is 2.47.